The Morgan fingerprint density at radius 1 is 0.800 bits per heavy atom. The van der Waals surface area contributed by atoms with Gasteiger partial charge in [-0.05, 0) is 35.0 Å². The second kappa shape index (κ2) is 2.28. The molecule has 3 aromatic heterocycles. The summed E-state index contributed by atoms with van der Waals surface area (Å²) in [5, 5.41) is 2.56. The number of hydrogen-bond acceptors (Lipinski definition) is 1. The van der Waals surface area contributed by atoms with Crippen LogP contribution in [0.1, 0.15) is 0 Å². The molecule has 2 heteroatoms. The summed E-state index contributed by atoms with van der Waals surface area (Å²) in [6, 6.07) is 14.8. The topological polar surface area (TPSA) is 17.3 Å². The molecule has 70 valence electrons. The van der Waals surface area contributed by atoms with Gasteiger partial charge in [-0.2, -0.15) is 0 Å². The lowest BCUT2D eigenvalue weighted by Gasteiger charge is -2.07. The fourth-order valence-corrected chi connectivity index (χ4v) is 2.32. The Morgan fingerprint density at radius 3 is 2.40 bits per heavy atom. The van der Waals surface area contributed by atoms with Crippen LogP contribution in [0.5, 0.6) is 0 Å². The molecule has 0 spiro atoms. The predicted molar refractivity (Wildman–Crippen MR) is 61.4 cm³/mol. The highest BCUT2D eigenvalue weighted by Crippen LogP contribution is 2.26. The van der Waals surface area contributed by atoms with E-state index < -0.39 is 0 Å². The van der Waals surface area contributed by atoms with Crippen molar-refractivity contribution in [3.8, 4) is 0 Å². The zero-order chi connectivity index (χ0) is 9.83. The van der Waals surface area contributed by atoms with Crippen molar-refractivity contribution in [3.05, 3.63) is 48.7 Å². The molecule has 0 atom stereocenters. The van der Waals surface area contributed by atoms with Crippen molar-refractivity contribution in [2.75, 3.05) is 0 Å². The van der Waals surface area contributed by atoms with Gasteiger partial charge in [-0.3, -0.25) is 4.40 Å². The Labute approximate surface area is 86.1 Å². The Hall–Kier alpha value is -2.09. The highest BCUT2D eigenvalue weighted by molar-refractivity contribution is 6.01. The van der Waals surface area contributed by atoms with E-state index in [1.165, 1.54) is 21.8 Å². The van der Waals surface area contributed by atoms with Crippen LogP contribution < -0.4 is 0 Å². The Morgan fingerprint density at radius 2 is 1.53 bits per heavy atom. The van der Waals surface area contributed by atoms with Crippen LogP contribution in [0.15, 0.2) is 48.7 Å². The highest BCUT2D eigenvalue weighted by Gasteiger charge is 2.06. The summed E-state index contributed by atoms with van der Waals surface area (Å²) in [5.41, 5.74) is 3.49. The Bertz CT molecular complexity index is 707. The number of hydrogen-bond donors (Lipinski definition) is 0. The maximum absolute atomic E-state index is 4.38. The molecule has 0 amide bonds. The molecule has 0 N–H and O–H groups in total. The van der Waals surface area contributed by atoms with Crippen LogP contribution >= 0.6 is 0 Å². The van der Waals surface area contributed by atoms with E-state index in [2.05, 4.69) is 45.8 Å². The molecule has 4 rings (SSSR count). The van der Waals surface area contributed by atoms with E-state index in [9.17, 15) is 0 Å². The Balaban J connectivity index is 2.54. The fraction of sp³-hybridized carbons (Fsp3) is 0. The first-order valence-corrected chi connectivity index (χ1v) is 5.01. The molecule has 0 aliphatic heterocycles. The van der Waals surface area contributed by atoms with Crippen LogP contribution in [0.25, 0.3) is 27.5 Å². The van der Waals surface area contributed by atoms with E-state index in [0.29, 0.717) is 0 Å². The largest absolute Gasteiger partial charge is 0.294 e. The molecule has 0 aliphatic rings. The quantitative estimate of drug-likeness (QED) is 0.418. The number of pyridine rings is 2. The predicted octanol–water partition coefficient (Wildman–Crippen LogP) is 3.08. The van der Waals surface area contributed by atoms with Gasteiger partial charge in [0.05, 0.1) is 5.52 Å². The molecule has 4 aromatic rings. The van der Waals surface area contributed by atoms with Crippen molar-refractivity contribution in [1.29, 1.82) is 0 Å². The smallest absolute Gasteiger partial charge is 0.137 e. The van der Waals surface area contributed by atoms with Crippen molar-refractivity contribution in [2.24, 2.45) is 0 Å². The van der Waals surface area contributed by atoms with Crippen molar-refractivity contribution < 1.29 is 0 Å². The molecule has 0 radical (unpaired) electrons. The van der Waals surface area contributed by atoms with E-state index in [-0.39, 0.29) is 0 Å². The normalized spacial score (nSPS) is 12.0. The van der Waals surface area contributed by atoms with Crippen LogP contribution in [-0.4, -0.2) is 9.38 Å². The van der Waals surface area contributed by atoms with Gasteiger partial charge >= 0.3 is 0 Å². The summed E-state index contributed by atoms with van der Waals surface area (Å²) in [5.74, 6) is 0. The van der Waals surface area contributed by atoms with Gasteiger partial charge in [-0.25, -0.2) is 4.98 Å². The van der Waals surface area contributed by atoms with Crippen molar-refractivity contribution in [3.63, 3.8) is 0 Å². The van der Waals surface area contributed by atoms with Gasteiger partial charge in [0.2, 0.25) is 0 Å². The zero-order valence-corrected chi connectivity index (χ0v) is 8.01. The van der Waals surface area contributed by atoms with Crippen molar-refractivity contribution in [1.82, 2.24) is 9.38 Å². The van der Waals surface area contributed by atoms with Crippen LogP contribution in [0.2, 0.25) is 0 Å². The summed E-state index contributed by atoms with van der Waals surface area (Å²) < 4.78 is 2.21. The van der Waals surface area contributed by atoms with E-state index in [0.717, 1.165) is 5.65 Å². The van der Waals surface area contributed by atoms with Crippen LogP contribution in [0, 0.1) is 0 Å². The molecule has 2 nitrogen and oxygen atoms in total. The first-order valence-electron chi connectivity index (χ1n) is 5.01. The minimum absolute atomic E-state index is 1.01. The van der Waals surface area contributed by atoms with Crippen LogP contribution in [0.4, 0.5) is 0 Å². The molecule has 15 heavy (non-hydrogen) atoms. The van der Waals surface area contributed by atoms with E-state index in [1.807, 2.05) is 12.3 Å². The van der Waals surface area contributed by atoms with Crippen molar-refractivity contribution in [2.45, 2.75) is 0 Å². The summed E-state index contributed by atoms with van der Waals surface area (Å²) in [6.45, 7) is 0. The summed E-state index contributed by atoms with van der Waals surface area (Å²) >= 11 is 0. The van der Waals surface area contributed by atoms with Crippen LogP contribution in [-0.2, 0) is 0 Å². The fourth-order valence-electron chi connectivity index (χ4n) is 2.32. The van der Waals surface area contributed by atoms with E-state index >= 15 is 0 Å². The molecule has 0 bridgehead atoms. The lowest BCUT2D eigenvalue weighted by Crippen LogP contribution is -1.94. The highest BCUT2D eigenvalue weighted by atomic mass is 15.0. The molecule has 0 saturated heterocycles. The minimum atomic E-state index is 1.01. The zero-order valence-electron chi connectivity index (χ0n) is 8.01. The first kappa shape index (κ1) is 7.23. The molecule has 0 fully saturated rings. The number of aromatic nitrogens is 2. The van der Waals surface area contributed by atoms with Gasteiger partial charge in [0.25, 0.3) is 0 Å². The number of nitrogens with zero attached hydrogens (tertiary/aromatic N) is 2. The molecule has 3 heterocycles. The molecule has 0 saturated carbocycles. The van der Waals surface area contributed by atoms with Crippen molar-refractivity contribution >= 4 is 27.5 Å². The maximum Gasteiger partial charge on any atom is 0.137 e. The minimum Gasteiger partial charge on any atom is -0.294 e. The second-order valence-corrected chi connectivity index (χ2v) is 3.82. The van der Waals surface area contributed by atoms with Gasteiger partial charge in [0.1, 0.15) is 5.65 Å². The van der Waals surface area contributed by atoms with E-state index in [1.54, 1.807) is 0 Å². The average molecular weight is 192 g/mol. The third kappa shape index (κ3) is 0.773. The molecule has 1 aromatic carbocycles. The lowest BCUT2D eigenvalue weighted by molar-refractivity contribution is 1.20. The van der Waals surface area contributed by atoms with Gasteiger partial charge in [0.15, 0.2) is 0 Å². The standard InChI is InChI=1S/C13H8N2/c1-2-10-4-6-12-14-8-7-11-5-3-9(1)13(10)15(11)12/h1-8H. The maximum atomic E-state index is 4.38. The van der Waals surface area contributed by atoms with Gasteiger partial charge in [-0.1, -0.05) is 18.2 Å². The van der Waals surface area contributed by atoms with Gasteiger partial charge in [0, 0.05) is 11.7 Å². The van der Waals surface area contributed by atoms with E-state index in [4.69, 9.17) is 0 Å². The SMILES string of the molecule is c1cc2ccc3ccc4ccc(n1)n2c34. The molecular formula is C13H8N2. The van der Waals surface area contributed by atoms with Crippen LogP contribution in [0.3, 0.4) is 0 Å². The summed E-state index contributed by atoms with van der Waals surface area (Å²) in [4.78, 5) is 4.38. The second-order valence-electron chi connectivity index (χ2n) is 3.82. The Kier molecular flexibility index (Phi) is 1.10. The van der Waals surface area contributed by atoms with Gasteiger partial charge < -0.3 is 0 Å². The third-order valence-electron chi connectivity index (χ3n) is 3.00. The summed E-state index contributed by atoms with van der Waals surface area (Å²) in [6.07, 6.45) is 1.86. The number of rotatable bonds is 0. The molecular weight excluding hydrogens is 184 g/mol. The first-order chi connectivity index (χ1) is 7.43. The summed E-state index contributed by atoms with van der Waals surface area (Å²) in [7, 11) is 0. The molecule has 0 unspecified atom stereocenters. The van der Waals surface area contributed by atoms with Gasteiger partial charge in [-0.15, -0.1) is 0 Å². The molecule has 0 aliphatic carbocycles. The third-order valence-corrected chi connectivity index (χ3v) is 3.00. The monoisotopic (exact) mass is 192 g/mol. The average Bonchev–Trinajstić information content (AvgIpc) is 2.71. The lowest BCUT2D eigenvalue weighted by atomic mass is 10.2.